The van der Waals surface area contributed by atoms with E-state index in [9.17, 15) is 26.4 Å². The molecule has 0 saturated heterocycles. The van der Waals surface area contributed by atoms with Crippen molar-refractivity contribution in [2.24, 2.45) is 0 Å². The van der Waals surface area contributed by atoms with Crippen molar-refractivity contribution in [3.05, 3.63) is 17.0 Å². The van der Waals surface area contributed by atoms with Crippen molar-refractivity contribution in [1.29, 1.82) is 0 Å². The minimum Gasteiger partial charge on any atom is -0.349 e. The molecule has 0 unspecified atom stereocenters. The molecule has 1 N–H and O–H groups in total. The highest BCUT2D eigenvalue weighted by Crippen LogP contribution is 2.28. The fourth-order valence-electron chi connectivity index (χ4n) is 1.28. The summed E-state index contributed by atoms with van der Waals surface area (Å²) in [4.78, 5) is 11.4. The van der Waals surface area contributed by atoms with Crippen LogP contribution in [0.1, 0.15) is 24.8 Å². The lowest BCUT2D eigenvalue weighted by Gasteiger charge is -2.09. The number of halogens is 3. The number of carbonyl (C=O) groups excluding carboxylic acids is 1. The molecule has 20 heavy (non-hydrogen) atoms. The van der Waals surface area contributed by atoms with Crippen LogP contribution in [0.3, 0.4) is 0 Å². The summed E-state index contributed by atoms with van der Waals surface area (Å²) in [6, 6.07) is 2.11. The van der Waals surface area contributed by atoms with Crippen molar-refractivity contribution >= 4 is 27.4 Å². The third-order valence-corrected chi connectivity index (χ3v) is 5.05. The number of nitrogens with one attached hydrogen (secondary N) is 1. The first-order valence-corrected chi connectivity index (χ1v) is 7.57. The van der Waals surface area contributed by atoms with Gasteiger partial charge in [-0.2, -0.15) is 21.6 Å². The first-order chi connectivity index (χ1) is 9.01. The summed E-state index contributed by atoms with van der Waals surface area (Å²) in [5, 5.41) is 2.54. The van der Waals surface area contributed by atoms with E-state index in [-0.39, 0.29) is 10.1 Å². The van der Waals surface area contributed by atoms with E-state index in [4.69, 9.17) is 0 Å². The number of alkyl halides is 3. The smallest absolute Gasteiger partial charge is 0.349 e. The van der Waals surface area contributed by atoms with Gasteiger partial charge in [-0.3, -0.25) is 8.98 Å². The van der Waals surface area contributed by atoms with E-state index in [1.54, 1.807) is 6.92 Å². The molecule has 0 fully saturated rings. The molecule has 0 radical (unpaired) electrons. The Morgan fingerprint density at radius 3 is 2.55 bits per heavy atom. The van der Waals surface area contributed by atoms with Crippen LogP contribution in [0.4, 0.5) is 13.2 Å². The zero-order chi connectivity index (χ0) is 15.6. The van der Waals surface area contributed by atoms with Gasteiger partial charge in [0.15, 0.2) is 6.61 Å². The molecule has 0 aliphatic heterocycles. The monoisotopic (exact) mass is 331 g/mol. The third kappa shape index (κ3) is 5.10. The van der Waals surface area contributed by atoms with E-state index in [0.717, 1.165) is 17.4 Å². The number of thiophene rings is 1. The SMILES string of the molecule is CC(=O)N[C@@H](C)c1ccc(S(=O)(=O)OCC(F)(F)F)s1. The summed E-state index contributed by atoms with van der Waals surface area (Å²) in [6.07, 6.45) is -4.73. The Morgan fingerprint density at radius 1 is 1.45 bits per heavy atom. The molecule has 0 spiro atoms. The van der Waals surface area contributed by atoms with Crippen LogP contribution in [0.25, 0.3) is 0 Å². The summed E-state index contributed by atoms with van der Waals surface area (Å²) in [6.45, 7) is 1.05. The first kappa shape index (κ1) is 16.9. The molecule has 5 nitrogen and oxygen atoms in total. The maximum absolute atomic E-state index is 11.9. The number of hydrogen-bond donors (Lipinski definition) is 1. The predicted octanol–water partition coefficient (Wildman–Crippen LogP) is 2.21. The van der Waals surface area contributed by atoms with Gasteiger partial charge < -0.3 is 5.32 Å². The summed E-state index contributed by atoms with van der Waals surface area (Å²) in [7, 11) is -4.45. The van der Waals surface area contributed by atoms with Crippen molar-refractivity contribution < 1.29 is 30.6 Å². The molecule has 0 bridgehead atoms. The average Bonchev–Trinajstić information content (AvgIpc) is 2.74. The lowest BCUT2D eigenvalue weighted by molar-refractivity contribution is -0.152. The van der Waals surface area contributed by atoms with Gasteiger partial charge in [-0.15, -0.1) is 11.3 Å². The van der Waals surface area contributed by atoms with Gasteiger partial charge in [0.05, 0.1) is 6.04 Å². The Bertz CT molecular complexity index is 580. The number of rotatable bonds is 5. The molecular formula is C10H12F3NO4S2. The first-order valence-electron chi connectivity index (χ1n) is 5.34. The normalized spacial score (nSPS) is 14.1. The third-order valence-electron chi connectivity index (χ3n) is 2.07. The Balaban J connectivity index is 2.82. The highest BCUT2D eigenvalue weighted by molar-refractivity contribution is 7.89. The molecule has 1 heterocycles. The standard InChI is InChI=1S/C10H12F3NO4S2/c1-6(14-7(2)15)8-3-4-9(19-8)20(16,17)18-5-10(11,12)13/h3-4,6H,5H2,1-2H3,(H,14,15)/t6-/m0/s1. The van der Waals surface area contributed by atoms with E-state index >= 15 is 0 Å². The van der Waals surface area contributed by atoms with Gasteiger partial charge in [0.1, 0.15) is 4.21 Å². The van der Waals surface area contributed by atoms with Gasteiger partial charge in [0.25, 0.3) is 0 Å². The van der Waals surface area contributed by atoms with Crippen LogP contribution < -0.4 is 5.32 Å². The molecule has 1 rings (SSSR count). The lowest BCUT2D eigenvalue weighted by atomic mass is 10.3. The second-order valence-corrected chi connectivity index (χ2v) is 6.87. The van der Waals surface area contributed by atoms with Crippen molar-refractivity contribution in [2.75, 3.05) is 6.61 Å². The maximum atomic E-state index is 11.9. The van der Waals surface area contributed by atoms with Crippen molar-refractivity contribution in [3.63, 3.8) is 0 Å². The molecule has 114 valence electrons. The minimum absolute atomic E-state index is 0.302. The maximum Gasteiger partial charge on any atom is 0.413 e. The molecule has 1 atom stereocenters. The molecule has 0 saturated carbocycles. The lowest BCUT2D eigenvalue weighted by Crippen LogP contribution is -2.22. The fraction of sp³-hybridized carbons (Fsp3) is 0.500. The fourth-order valence-corrected chi connectivity index (χ4v) is 3.50. The second-order valence-electron chi connectivity index (χ2n) is 3.91. The van der Waals surface area contributed by atoms with Crippen LogP contribution in [-0.4, -0.2) is 27.1 Å². The predicted molar refractivity (Wildman–Crippen MR) is 65.7 cm³/mol. The topological polar surface area (TPSA) is 72.5 Å². The number of carbonyl (C=O) groups is 1. The van der Waals surface area contributed by atoms with Gasteiger partial charge in [-0.1, -0.05) is 0 Å². The van der Waals surface area contributed by atoms with E-state index in [1.807, 2.05) is 0 Å². The van der Waals surface area contributed by atoms with Crippen LogP contribution in [0.15, 0.2) is 16.3 Å². The van der Waals surface area contributed by atoms with E-state index in [1.165, 1.54) is 13.0 Å². The summed E-state index contributed by atoms with van der Waals surface area (Å²) >= 11 is 0.745. The van der Waals surface area contributed by atoms with Crippen molar-refractivity contribution in [2.45, 2.75) is 30.3 Å². The highest BCUT2D eigenvalue weighted by Gasteiger charge is 2.32. The van der Waals surface area contributed by atoms with Crippen molar-refractivity contribution in [1.82, 2.24) is 5.32 Å². The van der Waals surface area contributed by atoms with E-state index in [2.05, 4.69) is 9.50 Å². The average molecular weight is 331 g/mol. The Kier molecular flexibility index (Phi) is 5.16. The van der Waals surface area contributed by atoms with Gasteiger partial charge in [0, 0.05) is 11.8 Å². The van der Waals surface area contributed by atoms with Gasteiger partial charge >= 0.3 is 16.3 Å². The molecular weight excluding hydrogens is 319 g/mol. The molecule has 0 aromatic carbocycles. The zero-order valence-electron chi connectivity index (χ0n) is 10.5. The van der Waals surface area contributed by atoms with Crippen LogP contribution in [0, 0.1) is 0 Å². The van der Waals surface area contributed by atoms with Crippen molar-refractivity contribution in [3.8, 4) is 0 Å². The number of amides is 1. The molecule has 1 amide bonds. The van der Waals surface area contributed by atoms with E-state index in [0.29, 0.717) is 4.88 Å². The Hall–Kier alpha value is -1.13. The number of hydrogen-bond acceptors (Lipinski definition) is 5. The van der Waals surface area contributed by atoms with Crippen LogP contribution in [0.2, 0.25) is 0 Å². The Morgan fingerprint density at radius 2 is 2.05 bits per heavy atom. The molecule has 1 aromatic heterocycles. The van der Waals surface area contributed by atoms with Crippen LogP contribution in [-0.2, 0) is 19.1 Å². The van der Waals surface area contributed by atoms with Gasteiger partial charge in [0.2, 0.25) is 5.91 Å². The highest BCUT2D eigenvalue weighted by atomic mass is 32.3. The quantitative estimate of drug-likeness (QED) is 0.840. The summed E-state index contributed by atoms with van der Waals surface area (Å²) in [5.74, 6) is -0.302. The second kappa shape index (κ2) is 6.10. The van der Waals surface area contributed by atoms with Gasteiger partial charge in [-0.25, -0.2) is 0 Å². The van der Waals surface area contributed by atoms with E-state index < -0.39 is 28.9 Å². The molecule has 0 aliphatic rings. The van der Waals surface area contributed by atoms with Gasteiger partial charge in [-0.05, 0) is 19.1 Å². The minimum atomic E-state index is -4.73. The summed E-state index contributed by atoms with van der Waals surface area (Å²) in [5.41, 5.74) is 0. The molecule has 0 aliphatic carbocycles. The zero-order valence-corrected chi connectivity index (χ0v) is 12.2. The molecule has 10 heteroatoms. The molecule has 1 aromatic rings. The van der Waals surface area contributed by atoms with Crippen LogP contribution in [0.5, 0.6) is 0 Å². The van der Waals surface area contributed by atoms with Crippen LogP contribution >= 0.6 is 11.3 Å². The summed E-state index contributed by atoms with van der Waals surface area (Å²) < 4.78 is 62.5. The largest absolute Gasteiger partial charge is 0.413 e. The Labute approximate surface area is 117 Å².